The van der Waals surface area contributed by atoms with Crippen LogP contribution in [0.15, 0.2) is 10.7 Å². The molecule has 66 valence electrons. The Labute approximate surface area is 75.5 Å². The highest BCUT2D eigenvalue weighted by atomic mass is 79.9. The van der Waals surface area contributed by atoms with Crippen LogP contribution in [0.1, 0.15) is 12.1 Å². The number of rotatable bonds is 1. The first-order valence-corrected chi connectivity index (χ1v) is 4.13. The molecule has 0 bridgehead atoms. The van der Waals surface area contributed by atoms with Crippen LogP contribution in [0.2, 0.25) is 0 Å². The lowest BCUT2D eigenvalue weighted by molar-refractivity contribution is 0.0879. The normalized spacial score (nSPS) is 32.0. The van der Waals surface area contributed by atoms with Gasteiger partial charge in [0.1, 0.15) is 5.54 Å². The molecule has 1 atom stereocenters. The molecule has 2 rings (SSSR count). The topological polar surface area (TPSA) is 54.7 Å². The van der Waals surface area contributed by atoms with E-state index in [0.717, 1.165) is 0 Å². The van der Waals surface area contributed by atoms with Crippen molar-refractivity contribution in [2.45, 2.75) is 17.9 Å². The van der Waals surface area contributed by atoms with Crippen molar-refractivity contribution in [3.63, 3.8) is 0 Å². The van der Waals surface area contributed by atoms with E-state index in [9.17, 15) is 8.78 Å². The van der Waals surface area contributed by atoms with E-state index in [-0.39, 0.29) is 12.1 Å². The number of hydrogen-bond donors (Lipinski definition) is 2. The second-order valence-electron chi connectivity index (χ2n) is 2.95. The van der Waals surface area contributed by atoms with E-state index in [0.29, 0.717) is 4.47 Å². The van der Waals surface area contributed by atoms with E-state index < -0.39 is 11.5 Å². The summed E-state index contributed by atoms with van der Waals surface area (Å²) < 4.78 is 26.0. The van der Waals surface area contributed by atoms with E-state index in [2.05, 4.69) is 26.1 Å². The lowest BCUT2D eigenvalue weighted by atomic mass is 10.2. The smallest absolute Gasteiger partial charge is 0.273 e. The van der Waals surface area contributed by atoms with Gasteiger partial charge in [-0.1, -0.05) is 0 Å². The molecule has 1 saturated carbocycles. The number of nitrogens with two attached hydrogens (primary N) is 1. The minimum Gasteiger partial charge on any atom is -0.315 e. The zero-order valence-corrected chi connectivity index (χ0v) is 7.53. The summed E-state index contributed by atoms with van der Waals surface area (Å²) in [5.74, 6) is -2.80. The van der Waals surface area contributed by atoms with Crippen LogP contribution in [0.3, 0.4) is 0 Å². The van der Waals surface area contributed by atoms with Crippen LogP contribution in [0, 0.1) is 0 Å². The van der Waals surface area contributed by atoms with Gasteiger partial charge in [0.05, 0.1) is 16.4 Å². The quantitative estimate of drug-likeness (QED) is 0.776. The van der Waals surface area contributed by atoms with Crippen molar-refractivity contribution < 1.29 is 8.78 Å². The third-order valence-corrected chi connectivity index (χ3v) is 2.67. The van der Waals surface area contributed by atoms with E-state index in [4.69, 9.17) is 5.73 Å². The summed E-state index contributed by atoms with van der Waals surface area (Å²) in [6.45, 7) is 0. The Hall–Kier alpha value is -0.490. The molecule has 0 amide bonds. The average molecular weight is 238 g/mol. The van der Waals surface area contributed by atoms with Gasteiger partial charge in [0.25, 0.3) is 5.92 Å². The second-order valence-corrected chi connectivity index (χ2v) is 3.80. The van der Waals surface area contributed by atoms with E-state index in [1.54, 1.807) is 0 Å². The third kappa shape index (κ3) is 0.847. The number of nitrogens with one attached hydrogen (secondary N) is 1. The maximum absolute atomic E-state index is 12.7. The molecule has 0 aliphatic heterocycles. The van der Waals surface area contributed by atoms with Crippen molar-refractivity contribution in [3.05, 3.63) is 16.4 Å². The fraction of sp³-hybridized carbons (Fsp3) is 0.500. The summed E-state index contributed by atoms with van der Waals surface area (Å²) in [4.78, 5) is 0. The molecule has 1 aliphatic carbocycles. The molecule has 1 aromatic heterocycles. The standard InChI is InChI=1S/C6H6BrF2N3/c7-3-1-11-12-4(3)5(10)2-6(5,8)9/h1H,2,10H2,(H,11,12). The molecule has 0 saturated heterocycles. The fourth-order valence-electron chi connectivity index (χ4n) is 1.16. The molecule has 1 aromatic rings. The number of nitrogens with zero attached hydrogens (tertiary/aromatic N) is 1. The van der Waals surface area contributed by atoms with E-state index in [1.165, 1.54) is 6.20 Å². The van der Waals surface area contributed by atoms with Gasteiger partial charge in [0, 0.05) is 6.42 Å². The summed E-state index contributed by atoms with van der Waals surface area (Å²) in [5.41, 5.74) is 4.17. The highest BCUT2D eigenvalue weighted by Crippen LogP contribution is 2.58. The lowest BCUT2D eigenvalue weighted by Gasteiger charge is -2.07. The van der Waals surface area contributed by atoms with Crippen molar-refractivity contribution in [1.29, 1.82) is 0 Å². The van der Waals surface area contributed by atoms with Gasteiger partial charge >= 0.3 is 0 Å². The first-order chi connectivity index (χ1) is 5.47. The van der Waals surface area contributed by atoms with Gasteiger partial charge in [0.2, 0.25) is 0 Å². The molecule has 1 fully saturated rings. The van der Waals surface area contributed by atoms with Gasteiger partial charge in [-0.2, -0.15) is 5.10 Å². The molecule has 6 heteroatoms. The van der Waals surface area contributed by atoms with Gasteiger partial charge in [-0.25, -0.2) is 8.78 Å². The minimum atomic E-state index is -2.80. The molecular weight excluding hydrogens is 232 g/mol. The van der Waals surface area contributed by atoms with Crippen molar-refractivity contribution >= 4 is 15.9 Å². The molecule has 0 spiro atoms. The molecule has 3 N–H and O–H groups in total. The summed E-state index contributed by atoms with van der Waals surface area (Å²) >= 11 is 3.09. The van der Waals surface area contributed by atoms with Gasteiger partial charge in [-0.05, 0) is 15.9 Å². The molecule has 3 nitrogen and oxygen atoms in total. The Kier molecular flexibility index (Phi) is 1.39. The molecule has 0 radical (unpaired) electrons. The summed E-state index contributed by atoms with van der Waals surface area (Å²) in [5, 5.41) is 6.07. The van der Waals surface area contributed by atoms with Crippen molar-refractivity contribution in [1.82, 2.24) is 10.2 Å². The highest BCUT2D eigenvalue weighted by molar-refractivity contribution is 9.10. The Bertz CT molecular complexity index is 324. The Morgan fingerprint density at radius 3 is 2.58 bits per heavy atom. The van der Waals surface area contributed by atoms with E-state index >= 15 is 0 Å². The largest absolute Gasteiger partial charge is 0.315 e. The monoisotopic (exact) mass is 237 g/mol. The van der Waals surface area contributed by atoms with Crippen molar-refractivity contribution in [2.24, 2.45) is 5.73 Å². The number of H-pyrrole nitrogens is 1. The lowest BCUT2D eigenvalue weighted by Crippen LogP contribution is -2.28. The number of aromatic nitrogens is 2. The van der Waals surface area contributed by atoms with E-state index in [1.807, 2.05) is 0 Å². The molecule has 1 aliphatic rings. The molecule has 1 heterocycles. The SMILES string of the molecule is NC1(c2[nH]ncc2Br)CC1(F)F. The zero-order chi connectivity index (χ0) is 8.98. The first kappa shape index (κ1) is 8.12. The zero-order valence-electron chi connectivity index (χ0n) is 5.94. The van der Waals surface area contributed by atoms with Crippen LogP contribution >= 0.6 is 15.9 Å². The Balaban J connectivity index is 2.40. The third-order valence-electron chi connectivity index (χ3n) is 2.07. The summed E-state index contributed by atoms with van der Waals surface area (Å²) in [6.07, 6.45) is 1.10. The predicted molar refractivity (Wildman–Crippen MR) is 41.7 cm³/mol. The van der Waals surface area contributed by atoms with Crippen LogP contribution in [0.5, 0.6) is 0 Å². The second kappa shape index (κ2) is 2.05. The van der Waals surface area contributed by atoms with Gasteiger partial charge in [-0.3, -0.25) is 5.10 Å². The maximum Gasteiger partial charge on any atom is 0.273 e. The van der Waals surface area contributed by atoms with Gasteiger partial charge in [-0.15, -0.1) is 0 Å². The Morgan fingerprint density at radius 1 is 1.67 bits per heavy atom. The highest BCUT2D eigenvalue weighted by Gasteiger charge is 2.71. The number of hydrogen-bond acceptors (Lipinski definition) is 2. The van der Waals surface area contributed by atoms with Gasteiger partial charge < -0.3 is 5.73 Å². The summed E-state index contributed by atoms with van der Waals surface area (Å²) in [6, 6.07) is 0. The number of alkyl halides is 2. The molecular formula is C6H6BrF2N3. The van der Waals surface area contributed by atoms with Gasteiger partial charge in [0.15, 0.2) is 0 Å². The average Bonchev–Trinajstić information content (AvgIpc) is 2.36. The van der Waals surface area contributed by atoms with Crippen LogP contribution in [0.4, 0.5) is 8.78 Å². The molecule has 0 aromatic carbocycles. The van der Waals surface area contributed by atoms with Crippen LogP contribution in [-0.2, 0) is 5.54 Å². The first-order valence-electron chi connectivity index (χ1n) is 3.33. The van der Waals surface area contributed by atoms with Crippen LogP contribution < -0.4 is 5.73 Å². The number of halogens is 3. The molecule has 12 heavy (non-hydrogen) atoms. The fourth-order valence-corrected chi connectivity index (χ4v) is 1.71. The maximum atomic E-state index is 12.7. The van der Waals surface area contributed by atoms with Crippen molar-refractivity contribution in [2.75, 3.05) is 0 Å². The molecule has 1 unspecified atom stereocenters. The number of aromatic amines is 1. The summed E-state index contributed by atoms with van der Waals surface area (Å²) in [7, 11) is 0. The van der Waals surface area contributed by atoms with Crippen molar-refractivity contribution in [3.8, 4) is 0 Å². The minimum absolute atomic E-state index is 0.271. The predicted octanol–water partition coefficient (Wildman–Crippen LogP) is 1.37. The Morgan fingerprint density at radius 2 is 2.25 bits per heavy atom. The van der Waals surface area contributed by atoms with Crippen LogP contribution in [0.25, 0.3) is 0 Å². The van der Waals surface area contributed by atoms with Crippen LogP contribution in [-0.4, -0.2) is 16.1 Å².